The Bertz CT molecular complexity index is 281. The van der Waals surface area contributed by atoms with Crippen LogP contribution in [0.15, 0.2) is 12.1 Å². The van der Waals surface area contributed by atoms with E-state index in [2.05, 4.69) is 0 Å². The Balaban J connectivity index is 3.08. The molecule has 1 rings (SSSR count). The molecule has 0 radical (unpaired) electrons. The molecule has 0 saturated heterocycles. The highest BCUT2D eigenvalue weighted by molar-refractivity contribution is 5.34. The molecule has 0 unspecified atom stereocenters. The van der Waals surface area contributed by atoms with Gasteiger partial charge in [0.05, 0.1) is 0 Å². The highest BCUT2D eigenvalue weighted by atomic mass is 19.1. The Kier molecular flexibility index (Phi) is 2.82. The first-order valence-electron chi connectivity index (χ1n) is 4.02. The Hall–Kier alpha value is -0.890. The van der Waals surface area contributed by atoms with Gasteiger partial charge in [-0.25, -0.2) is 4.39 Å². The molecule has 0 aliphatic rings. The molecule has 0 atom stereocenters. The third kappa shape index (κ3) is 1.64. The van der Waals surface area contributed by atoms with Crippen molar-refractivity contribution >= 4 is 0 Å². The molecule has 0 amide bonds. The van der Waals surface area contributed by atoms with Crippen molar-refractivity contribution in [2.24, 2.45) is 0 Å². The van der Waals surface area contributed by atoms with Gasteiger partial charge in [-0.2, -0.15) is 0 Å². The molecule has 0 aromatic heterocycles. The lowest BCUT2D eigenvalue weighted by Gasteiger charge is -2.07. The van der Waals surface area contributed by atoms with Gasteiger partial charge in [-0.1, -0.05) is 6.07 Å². The van der Waals surface area contributed by atoms with Gasteiger partial charge in [-0.05, 0) is 43.0 Å². The Morgan fingerprint density at radius 1 is 1.25 bits per heavy atom. The van der Waals surface area contributed by atoms with Gasteiger partial charge in [0, 0.05) is 6.61 Å². The summed E-state index contributed by atoms with van der Waals surface area (Å²) >= 11 is 0. The van der Waals surface area contributed by atoms with Crippen molar-refractivity contribution in [3.8, 4) is 0 Å². The minimum Gasteiger partial charge on any atom is -0.396 e. The minimum atomic E-state index is -0.172. The number of hydrogen-bond acceptors (Lipinski definition) is 1. The van der Waals surface area contributed by atoms with E-state index in [1.54, 1.807) is 13.0 Å². The van der Waals surface area contributed by atoms with Gasteiger partial charge in [0.25, 0.3) is 0 Å². The summed E-state index contributed by atoms with van der Waals surface area (Å²) in [5, 5.41) is 8.71. The van der Waals surface area contributed by atoms with E-state index in [-0.39, 0.29) is 12.4 Å². The summed E-state index contributed by atoms with van der Waals surface area (Å²) in [5.41, 5.74) is 2.65. The van der Waals surface area contributed by atoms with Crippen molar-refractivity contribution in [1.82, 2.24) is 0 Å². The lowest BCUT2D eigenvalue weighted by atomic mass is 10.0. The van der Waals surface area contributed by atoms with Crippen molar-refractivity contribution in [2.75, 3.05) is 6.61 Å². The van der Waals surface area contributed by atoms with Crippen molar-refractivity contribution < 1.29 is 9.50 Å². The fourth-order valence-corrected chi connectivity index (χ4v) is 1.23. The zero-order valence-electron chi connectivity index (χ0n) is 7.39. The van der Waals surface area contributed by atoms with Crippen LogP contribution in [0.3, 0.4) is 0 Å². The molecule has 0 heterocycles. The van der Waals surface area contributed by atoms with E-state index in [1.165, 1.54) is 6.07 Å². The largest absolute Gasteiger partial charge is 0.396 e. The second kappa shape index (κ2) is 3.68. The molecule has 2 heteroatoms. The molecule has 0 aliphatic heterocycles. The van der Waals surface area contributed by atoms with Crippen molar-refractivity contribution in [1.29, 1.82) is 0 Å². The zero-order valence-corrected chi connectivity index (χ0v) is 7.39. The number of aliphatic hydroxyl groups is 1. The van der Waals surface area contributed by atoms with Crippen molar-refractivity contribution in [3.63, 3.8) is 0 Å². The first-order valence-corrected chi connectivity index (χ1v) is 4.02. The van der Waals surface area contributed by atoms with Gasteiger partial charge in [0.1, 0.15) is 5.82 Å². The monoisotopic (exact) mass is 168 g/mol. The minimum absolute atomic E-state index is 0.117. The third-order valence-corrected chi connectivity index (χ3v) is 2.21. The topological polar surface area (TPSA) is 20.2 Å². The first kappa shape index (κ1) is 9.20. The van der Waals surface area contributed by atoms with E-state index in [0.717, 1.165) is 11.1 Å². The number of rotatable bonds is 2. The average molecular weight is 168 g/mol. The third-order valence-electron chi connectivity index (χ3n) is 2.21. The van der Waals surface area contributed by atoms with Crippen LogP contribution in [0.5, 0.6) is 0 Å². The normalized spacial score (nSPS) is 10.3. The molecular weight excluding hydrogens is 155 g/mol. The molecule has 0 bridgehead atoms. The number of benzene rings is 1. The van der Waals surface area contributed by atoms with Crippen LogP contribution in [0.1, 0.15) is 16.7 Å². The van der Waals surface area contributed by atoms with E-state index in [9.17, 15) is 4.39 Å². The summed E-state index contributed by atoms with van der Waals surface area (Å²) < 4.78 is 12.9. The fourth-order valence-electron chi connectivity index (χ4n) is 1.23. The molecule has 66 valence electrons. The molecule has 12 heavy (non-hydrogen) atoms. The summed E-state index contributed by atoms with van der Waals surface area (Å²) in [6, 6.07) is 3.18. The highest BCUT2D eigenvalue weighted by Gasteiger charge is 2.04. The second-order valence-corrected chi connectivity index (χ2v) is 2.93. The first-order chi connectivity index (χ1) is 5.66. The van der Waals surface area contributed by atoms with Crippen LogP contribution in [0.4, 0.5) is 4.39 Å². The zero-order chi connectivity index (χ0) is 9.14. The van der Waals surface area contributed by atoms with Crippen LogP contribution in [0.25, 0.3) is 0 Å². The van der Waals surface area contributed by atoms with Crippen LogP contribution in [-0.2, 0) is 6.42 Å². The smallest absolute Gasteiger partial charge is 0.126 e. The summed E-state index contributed by atoms with van der Waals surface area (Å²) in [7, 11) is 0. The average Bonchev–Trinajstić information content (AvgIpc) is 2.07. The van der Waals surface area contributed by atoms with Gasteiger partial charge < -0.3 is 5.11 Å². The lowest BCUT2D eigenvalue weighted by molar-refractivity contribution is 0.299. The summed E-state index contributed by atoms with van der Waals surface area (Å²) in [6.45, 7) is 3.75. The van der Waals surface area contributed by atoms with Crippen LogP contribution >= 0.6 is 0 Å². The van der Waals surface area contributed by atoms with E-state index in [4.69, 9.17) is 5.11 Å². The molecule has 0 fully saturated rings. The molecule has 0 aliphatic carbocycles. The number of hydrogen-bond donors (Lipinski definition) is 1. The predicted octanol–water partition coefficient (Wildman–Crippen LogP) is 1.98. The molecule has 1 aromatic rings. The molecule has 1 N–H and O–H groups in total. The van der Waals surface area contributed by atoms with E-state index in [0.29, 0.717) is 12.0 Å². The fraction of sp³-hybridized carbons (Fsp3) is 0.400. The van der Waals surface area contributed by atoms with Gasteiger partial charge >= 0.3 is 0 Å². The van der Waals surface area contributed by atoms with Gasteiger partial charge in [0.2, 0.25) is 0 Å². The van der Waals surface area contributed by atoms with E-state index in [1.807, 2.05) is 6.92 Å². The van der Waals surface area contributed by atoms with Crippen LogP contribution in [-0.4, -0.2) is 11.7 Å². The maximum absolute atomic E-state index is 12.9. The Labute approximate surface area is 71.9 Å². The van der Waals surface area contributed by atoms with Gasteiger partial charge in [0.15, 0.2) is 0 Å². The predicted molar refractivity (Wildman–Crippen MR) is 46.7 cm³/mol. The van der Waals surface area contributed by atoms with Crippen molar-refractivity contribution in [2.45, 2.75) is 20.3 Å². The molecular formula is C10H13FO. The SMILES string of the molecule is Cc1c(F)ccc(CCO)c1C. The summed E-state index contributed by atoms with van der Waals surface area (Å²) in [6.07, 6.45) is 0.604. The number of halogens is 1. The Morgan fingerprint density at radius 2 is 1.92 bits per heavy atom. The van der Waals surface area contributed by atoms with Gasteiger partial charge in [-0.15, -0.1) is 0 Å². The molecule has 0 spiro atoms. The lowest BCUT2D eigenvalue weighted by Crippen LogP contribution is -1.97. The Morgan fingerprint density at radius 3 is 2.50 bits per heavy atom. The highest BCUT2D eigenvalue weighted by Crippen LogP contribution is 2.16. The van der Waals surface area contributed by atoms with Crippen LogP contribution < -0.4 is 0 Å². The maximum Gasteiger partial charge on any atom is 0.126 e. The van der Waals surface area contributed by atoms with Crippen LogP contribution in [0.2, 0.25) is 0 Å². The maximum atomic E-state index is 12.9. The standard InChI is InChI=1S/C10H13FO/c1-7-8(2)10(11)4-3-9(7)5-6-12/h3-4,12H,5-6H2,1-2H3. The number of aliphatic hydroxyl groups excluding tert-OH is 1. The van der Waals surface area contributed by atoms with Crippen molar-refractivity contribution in [3.05, 3.63) is 34.6 Å². The quantitative estimate of drug-likeness (QED) is 0.715. The van der Waals surface area contributed by atoms with E-state index >= 15 is 0 Å². The summed E-state index contributed by atoms with van der Waals surface area (Å²) in [4.78, 5) is 0. The molecule has 1 nitrogen and oxygen atoms in total. The molecule has 1 aromatic carbocycles. The van der Waals surface area contributed by atoms with E-state index < -0.39 is 0 Å². The van der Waals surface area contributed by atoms with Gasteiger partial charge in [-0.3, -0.25) is 0 Å². The molecule has 0 saturated carbocycles. The second-order valence-electron chi connectivity index (χ2n) is 2.93. The van der Waals surface area contributed by atoms with Crippen LogP contribution in [0, 0.1) is 19.7 Å². The summed E-state index contributed by atoms with van der Waals surface area (Å²) in [5.74, 6) is -0.172.